The zero-order valence-electron chi connectivity index (χ0n) is 20.5. The van der Waals surface area contributed by atoms with Crippen LogP contribution in [0.25, 0.3) is 11.1 Å². The van der Waals surface area contributed by atoms with Crippen molar-refractivity contribution in [2.75, 3.05) is 6.61 Å². The Hall–Kier alpha value is -3.80. The number of amides is 1. The second-order valence-corrected chi connectivity index (χ2v) is 9.87. The van der Waals surface area contributed by atoms with E-state index >= 15 is 0 Å². The highest BCUT2D eigenvalue weighted by Gasteiger charge is 2.30. The molecule has 0 saturated heterocycles. The Morgan fingerprint density at radius 2 is 1.57 bits per heavy atom. The molecule has 3 aromatic rings. The molecule has 1 aliphatic rings. The first-order valence-corrected chi connectivity index (χ1v) is 11.8. The van der Waals surface area contributed by atoms with Crippen LogP contribution in [0.3, 0.4) is 0 Å². The number of carbonyl (C=O) groups excluding carboxylic acids is 1. The van der Waals surface area contributed by atoms with Gasteiger partial charge in [-0.25, -0.2) is 9.59 Å². The highest BCUT2D eigenvalue weighted by molar-refractivity contribution is 5.81. The molecule has 2 N–H and O–H groups in total. The van der Waals surface area contributed by atoms with E-state index in [0.29, 0.717) is 0 Å². The van der Waals surface area contributed by atoms with E-state index in [4.69, 9.17) is 9.47 Å². The number of carboxylic acid groups (broad SMARTS) is 1. The average molecular weight is 474 g/mol. The third kappa shape index (κ3) is 5.65. The van der Waals surface area contributed by atoms with Gasteiger partial charge < -0.3 is 19.9 Å². The Bertz CT molecular complexity index is 1200. The number of aryl methyl sites for hydroxylation is 1. The number of rotatable bonds is 7. The standard InChI is InChI=1S/C29H31NO5/c1-18-15-20(35-29(2,3)4)14-13-19(18)16-26(27(31)32)30-28(33)34-17-25-23-11-7-5-9-21(23)22-10-6-8-12-24(22)25/h5-15,25-26H,16-17H2,1-4H3,(H,30,33)(H,31,32)/t26-/m0/s1. The summed E-state index contributed by atoms with van der Waals surface area (Å²) in [5.74, 6) is -0.489. The molecule has 1 amide bonds. The van der Waals surface area contributed by atoms with Crippen LogP contribution in [0, 0.1) is 6.92 Å². The van der Waals surface area contributed by atoms with Crippen molar-refractivity contribution in [2.45, 2.75) is 51.7 Å². The fourth-order valence-electron chi connectivity index (χ4n) is 4.52. The number of carboxylic acids is 1. The molecule has 3 aromatic carbocycles. The van der Waals surface area contributed by atoms with Gasteiger partial charge in [-0.2, -0.15) is 0 Å². The number of aliphatic carboxylic acids is 1. The minimum atomic E-state index is -1.12. The van der Waals surface area contributed by atoms with Crippen molar-refractivity contribution < 1.29 is 24.2 Å². The lowest BCUT2D eigenvalue weighted by molar-refractivity contribution is -0.139. The normalized spacial score (nSPS) is 13.5. The van der Waals surface area contributed by atoms with E-state index in [1.807, 2.05) is 82.3 Å². The maximum absolute atomic E-state index is 12.6. The summed E-state index contributed by atoms with van der Waals surface area (Å²) in [5, 5.41) is 12.3. The van der Waals surface area contributed by atoms with E-state index in [-0.39, 0.29) is 24.5 Å². The Labute approximate surface area is 205 Å². The number of ether oxygens (including phenoxy) is 2. The molecule has 0 bridgehead atoms. The second-order valence-electron chi connectivity index (χ2n) is 9.87. The number of fused-ring (bicyclic) bond motifs is 3. The van der Waals surface area contributed by atoms with Crippen molar-refractivity contribution >= 4 is 12.1 Å². The molecule has 6 heteroatoms. The van der Waals surface area contributed by atoms with Gasteiger partial charge in [-0.1, -0.05) is 54.6 Å². The molecule has 0 unspecified atom stereocenters. The van der Waals surface area contributed by atoms with Crippen LogP contribution in [0.4, 0.5) is 4.79 Å². The van der Waals surface area contributed by atoms with Crippen LogP contribution in [0.15, 0.2) is 66.7 Å². The Morgan fingerprint density at radius 1 is 0.971 bits per heavy atom. The van der Waals surface area contributed by atoms with Crippen molar-refractivity contribution in [3.8, 4) is 16.9 Å². The number of carbonyl (C=O) groups is 2. The van der Waals surface area contributed by atoms with E-state index in [9.17, 15) is 14.7 Å². The lowest BCUT2D eigenvalue weighted by Gasteiger charge is -2.22. The number of alkyl carbamates (subject to hydrolysis) is 1. The highest BCUT2D eigenvalue weighted by atomic mass is 16.5. The van der Waals surface area contributed by atoms with Crippen molar-refractivity contribution in [1.82, 2.24) is 5.32 Å². The minimum Gasteiger partial charge on any atom is -0.488 e. The second kappa shape index (κ2) is 9.82. The number of nitrogens with one attached hydrogen (secondary N) is 1. The zero-order valence-corrected chi connectivity index (χ0v) is 20.5. The van der Waals surface area contributed by atoms with Gasteiger partial charge in [0.25, 0.3) is 0 Å². The quantitative estimate of drug-likeness (QED) is 0.459. The number of hydrogen-bond donors (Lipinski definition) is 2. The molecule has 6 nitrogen and oxygen atoms in total. The predicted octanol–water partition coefficient (Wildman–Crippen LogP) is 5.71. The van der Waals surface area contributed by atoms with Crippen molar-refractivity contribution in [1.29, 1.82) is 0 Å². The summed E-state index contributed by atoms with van der Waals surface area (Å²) in [6.45, 7) is 7.93. The summed E-state index contributed by atoms with van der Waals surface area (Å²) in [5.41, 5.74) is 5.85. The summed E-state index contributed by atoms with van der Waals surface area (Å²) in [6.07, 6.45) is -0.606. The number of benzene rings is 3. The van der Waals surface area contributed by atoms with E-state index in [1.54, 1.807) is 0 Å². The molecular formula is C29H31NO5. The van der Waals surface area contributed by atoms with Crippen molar-refractivity contribution in [3.63, 3.8) is 0 Å². The summed E-state index contributed by atoms with van der Waals surface area (Å²) < 4.78 is 11.4. The van der Waals surface area contributed by atoms with Crippen LogP contribution in [-0.4, -0.2) is 35.4 Å². The van der Waals surface area contributed by atoms with Crippen LogP contribution in [0.2, 0.25) is 0 Å². The van der Waals surface area contributed by atoms with Gasteiger partial charge in [-0.3, -0.25) is 0 Å². The third-order valence-electron chi connectivity index (χ3n) is 6.10. The fourth-order valence-corrected chi connectivity index (χ4v) is 4.52. The van der Waals surface area contributed by atoms with Gasteiger partial charge in [-0.15, -0.1) is 0 Å². The Kier molecular flexibility index (Phi) is 6.83. The molecule has 0 aliphatic heterocycles. The summed E-state index contributed by atoms with van der Waals surface area (Å²) in [4.78, 5) is 24.5. The van der Waals surface area contributed by atoms with Gasteiger partial charge in [0.1, 0.15) is 24.0 Å². The van der Waals surface area contributed by atoms with Crippen LogP contribution < -0.4 is 10.1 Å². The molecule has 182 valence electrons. The first-order valence-electron chi connectivity index (χ1n) is 11.8. The smallest absolute Gasteiger partial charge is 0.407 e. The lowest BCUT2D eigenvalue weighted by atomic mass is 9.98. The Morgan fingerprint density at radius 3 is 2.11 bits per heavy atom. The van der Waals surface area contributed by atoms with Crippen LogP contribution in [0.5, 0.6) is 5.75 Å². The molecule has 0 radical (unpaired) electrons. The largest absolute Gasteiger partial charge is 0.488 e. The van der Waals surface area contributed by atoms with Crippen LogP contribution in [-0.2, 0) is 16.0 Å². The molecule has 0 saturated carbocycles. The molecule has 0 heterocycles. The topological polar surface area (TPSA) is 84.9 Å². The monoisotopic (exact) mass is 473 g/mol. The summed E-state index contributed by atoms with van der Waals surface area (Å²) in [6, 6.07) is 20.6. The average Bonchev–Trinajstić information content (AvgIpc) is 3.11. The van der Waals surface area contributed by atoms with Gasteiger partial charge in [0.2, 0.25) is 0 Å². The Balaban J connectivity index is 1.41. The molecule has 35 heavy (non-hydrogen) atoms. The molecule has 0 spiro atoms. The molecular weight excluding hydrogens is 442 g/mol. The zero-order chi connectivity index (χ0) is 25.2. The number of hydrogen-bond acceptors (Lipinski definition) is 4. The van der Waals surface area contributed by atoms with Gasteiger partial charge in [-0.05, 0) is 73.2 Å². The molecule has 4 rings (SSSR count). The minimum absolute atomic E-state index is 0.0889. The van der Waals surface area contributed by atoms with E-state index in [0.717, 1.165) is 39.1 Å². The van der Waals surface area contributed by atoms with Crippen LogP contribution >= 0.6 is 0 Å². The van der Waals surface area contributed by atoms with Crippen molar-refractivity contribution in [2.24, 2.45) is 0 Å². The first kappa shape index (κ1) is 24.3. The maximum Gasteiger partial charge on any atom is 0.407 e. The molecule has 1 atom stereocenters. The summed E-state index contributed by atoms with van der Waals surface area (Å²) in [7, 11) is 0. The first-order chi connectivity index (χ1) is 16.6. The van der Waals surface area contributed by atoms with Gasteiger partial charge in [0.05, 0.1) is 0 Å². The van der Waals surface area contributed by atoms with Gasteiger partial charge >= 0.3 is 12.1 Å². The molecule has 0 fully saturated rings. The fraction of sp³-hybridized carbons (Fsp3) is 0.310. The lowest BCUT2D eigenvalue weighted by Crippen LogP contribution is -2.43. The molecule has 1 aliphatic carbocycles. The van der Waals surface area contributed by atoms with Crippen LogP contribution in [0.1, 0.15) is 48.9 Å². The maximum atomic E-state index is 12.6. The predicted molar refractivity (Wildman–Crippen MR) is 135 cm³/mol. The van der Waals surface area contributed by atoms with Crippen molar-refractivity contribution in [3.05, 3.63) is 89.0 Å². The van der Waals surface area contributed by atoms with Gasteiger partial charge in [0, 0.05) is 12.3 Å². The van der Waals surface area contributed by atoms with E-state index < -0.39 is 18.1 Å². The summed E-state index contributed by atoms with van der Waals surface area (Å²) >= 11 is 0. The highest BCUT2D eigenvalue weighted by Crippen LogP contribution is 2.44. The SMILES string of the molecule is Cc1cc(OC(C)(C)C)ccc1C[C@H](NC(=O)OCC1c2ccccc2-c2ccccc21)C(=O)O. The van der Waals surface area contributed by atoms with E-state index in [2.05, 4.69) is 17.4 Å². The van der Waals surface area contributed by atoms with E-state index in [1.165, 1.54) is 0 Å². The van der Waals surface area contributed by atoms with Gasteiger partial charge in [0.15, 0.2) is 0 Å². The third-order valence-corrected chi connectivity index (χ3v) is 6.10. The molecule has 0 aromatic heterocycles.